The lowest BCUT2D eigenvalue weighted by atomic mass is 9.96. The third-order valence-electron chi connectivity index (χ3n) is 4.21. The molecule has 0 fully saturated rings. The predicted octanol–water partition coefficient (Wildman–Crippen LogP) is 3.14. The molecule has 1 aromatic heterocycles. The fourth-order valence-corrected chi connectivity index (χ4v) is 2.91. The molecule has 1 aliphatic rings. The minimum absolute atomic E-state index is 0.282. The highest BCUT2D eigenvalue weighted by molar-refractivity contribution is 5.92. The highest BCUT2D eigenvalue weighted by Crippen LogP contribution is 2.26. The van der Waals surface area contributed by atoms with E-state index >= 15 is 0 Å². The molecular formula is C20H23N3O3. The number of rotatable bonds is 2. The summed E-state index contributed by atoms with van der Waals surface area (Å²) >= 11 is 0. The van der Waals surface area contributed by atoms with E-state index in [1.54, 1.807) is 17.0 Å². The molecule has 0 spiro atoms. The van der Waals surface area contributed by atoms with Crippen LogP contribution in [-0.2, 0) is 17.7 Å². The van der Waals surface area contributed by atoms with Crippen LogP contribution in [0.5, 0.6) is 0 Å². The maximum atomic E-state index is 12.3. The molecule has 136 valence electrons. The van der Waals surface area contributed by atoms with Gasteiger partial charge in [0.05, 0.1) is 11.3 Å². The number of ether oxygens (including phenoxy) is 1. The van der Waals surface area contributed by atoms with Gasteiger partial charge in [0.15, 0.2) is 0 Å². The minimum atomic E-state index is -0.496. The van der Waals surface area contributed by atoms with Crippen LogP contribution in [0.3, 0.4) is 0 Å². The molecule has 0 saturated heterocycles. The summed E-state index contributed by atoms with van der Waals surface area (Å²) in [7, 11) is 0. The largest absolute Gasteiger partial charge is 0.444 e. The molecule has 3 rings (SSSR count). The van der Waals surface area contributed by atoms with Crippen LogP contribution in [0.25, 0.3) is 11.3 Å². The first kappa shape index (κ1) is 17.9. The third kappa shape index (κ3) is 4.02. The Bertz CT molecular complexity index is 838. The van der Waals surface area contributed by atoms with Gasteiger partial charge in [-0.25, -0.2) is 4.79 Å². The van der Waals surface area contributed by atoms with Gasteiger partial charge in [-0.05, 0) is 56.5 Å². The van der Waals surface area contributed by atoms with Crippen LogP contribution in [0.4, 0.5) is 4.79 Å². The summed E-state index contributed by atoms with van der Waals surface area (Å²) in [6.45, 7) is 6.76. The Hall–Kier alpha value is -2.89. The normalized spacial score (nSPS) is 13.9. The fourth-order valence-electron chi connectivity index (χ4n) is 2.91. The van der Waals surface area contributed by atoms with Crippen molar-refractivity contribution < 1.29 is 14.3 Å². The molecule has 2 N–H and O–H groups in total. The van der Waals surface area contributed by atoms with Gasteiger partial charge in [0.2, 0.25) is 5.91 Å². The number of benzene rings is 1. The maximum Gasteiger partial charge on any atom is 0.410 e. The number of aromatic nitrogens is 1. The molecular weight excluding hydrogens is 330 g/mol. The molecule has 26 heavy (non-hydrogen) atoms. The van der Waals surface area contributed by atoms with Crippen molar-refractivity contribution in [2.24, 2.45) is 5.73 Å². The molecule has 2 heterocycles. The number of fused-ring (bicyclic) bond motifs is 1. The van der Waals surface area contributed by atoms with Crippen molar-refractivity contribution >= 4 is 12.0 Å². The van der Waals surface area contributed by atoms with Gasteiger partial charge in [-0.1, -0.05) is 12.1 Å². The first-order chi connectivity index (χ1) is 12.2. The van der Waals surface area contributed by atoms with E-state index < -0.39 is 11.5 Å². The molecule has 2 amide bonds. The zero-order valence-electron chi connectivity index (χ0n) is 15.3. The number of amides is 2. The number of primary amides is 1. The summed E-state index contributed by atoms with van der Waals surface area (Å²) in [4.78, 5) is 29.5. The fraction of sp³-hybridized carbons (Fsp3) is 0.350. The van der Waals surface area contributed by atoms with Crippen LogP contribution in [0.2, 0.25) is 0 Å². The monoisotopic (exact) mass is 353 g/mol. The molecule has 6 nitrogen and oxygen atoms in total. The van der Waals surface area contributed by atoms with E-state index in [0.717, 1.165) is 23.2 Å². The van der Waals surface area contributed by atoms with Crippen LogP contribution >= 0.6 is 0 Å². The highest BCUT2D eigenvalue weighted by atomic mass is 16.6. The number of pyridine rings is 1. The van der Waals surface area contributed by atoms with Crippen molar-refractivity contribution in [1.82, 2.24) is 9.88 Å². The van der Waals surface area contributed by atoms with Crippen molar-refractivity contribution in [3.63, 3.8) is 0 Å². The molecule has 1 aromatic carbocycles. The smallest absolute Gasteiger partial charge is 0.410 e. The molecule has 6 heteroatoms. The van der Waals surface area contributed by atoms with Crippen molar-refractivity contribution in [3.8, 4) is 11.3 Å². The Balaban J connectivity index is 1.76. The summed E-state index contributed by atoms with van der Waals surface area (Å²) in [5.41, 5.74) is 9.21. The van der Waals surface area contributed by atoms with Crippen LogP contribution in [-0.4, -0.2) is 34.0 Å². The van der Waals surface area contributed by atoms with Gasteiger partial charge < -0.3 is 15.4 Å². The summed E-state index contributed by atoms with van der Waals surface area (Å²) in [6, 6.07) is 9.55. The Morgan fingerprint density at radius 2 is 1.92 bits per heavy atom. The molecule has 0 saturated carbocycles. The quantitative estimate of drug-likeness (QED) is 0.899. The summed E-state index contributed by atoms with van der Waals surface area (Å²) < 4.78 is 5.46. The zero-order chi connectivity index (χ0) is 18.9. The second-order valence-corrected chi connectivity index (χ2v) is 7.43. The van der Waals surface area contributed by atoms with E-state index in [4.69, 9.17) is 10.5 Å². The van der Waals surface area contributed by atoms with Gasteiger partial charge in [0.25, 0.3) is 0 Å². The topological polar surface area (TPSA) is 85.5 Å². The minimum Gasteiger partial charge on any atom is -0.444 e. The van der Waals surface area contributed by atoms with Gasteiger partial charge in [-0.15, -0.1) is 0 Å². The van der Waals surface area contributed by atoms with Gasteiger partial charge in [0.1, 0.15) is 5.60 Å². The number of nitrogens with two attached hydrogens (primary N) is 1. The van der Waals surface area contributed by atoms with Crippen molar-refractivity contribution in [1.29, 1.82) is 0 Å². The van der Waals surface area contributed by atoms with Crippen molar-refractivity contribution in [2.75, 3.05) is 6.54 Å². The summed E-state index contributed by atoms with van der Waals surface area (Å²) in [5.74, 6) is -0.489. The van der Waals surface area contributed by atoms with E-state index in [-0.39, 0.29) is 6.09 Å². The van der Waals surface area contributed by atoms with Crippen molar-refractivity contribution in [3.05, 3.63) is 53.2 Å². The molecule has 0 unspecified atom stereocenters. The van der Waals surface area contributed by atoms with Gasteiger partial charge >= 0.3 is 6.09 Å². The average Bonchev–Trinajstić information content (AvgIpc) is 2.59. The Morgan fingerprint density at radius 3 is 2.54 bits per heavy atom. The lowest BCUT2D eigenvalue weighted by molar-refractivity contribution is 0.0224. The SMILES string of the molecule is CC(C)(C)OC(=O)N1CCc2cc(-c3ccc(C(N)=O)cn3)ccc2C1. The van der Waals surface area contributed by atoms with Gasteiger partial charge in [-0.3, -0.25) is 9.78 Å². The van der Waals surface area contributed by atoms with E-state index in [9.17, 15) is 9.59 Å². The second kappa shape index (κ2) is 6.78. The first-order valence-corrected chi connectivity index (χ1v) is 8.59. The molecule has 1 aliphatic heterocycles. The Morgan fingerprint density at radius 1 is 1.15 bits per heavy atom. The Kier molecular flexibility index (Phi) is 4.68. The zero-order valence-corrected chi connectivity index (χ0v) is 15.3. The first-order valence-electron chi connectivity index (χ1n) is 8.59. The van der Waals surface area contributed by atoms with Crippen molar-refractivity contribution in [2.45, 2.75) is 39.3 Å². The molecule has 2 aromatic rings. The second-order valence-electron chi connectivity index (χ2n) is 7.43. The molecule has 0 bridgehead atoms. The van der Waals surface area contributed by atoms with Crippen LogP contribution < -0.4 is 5.73 Å². The van der Waals surface area contributed by atoms with E-state index in [1.165, 1.54) is 11.8 Å². The lowest BCUT2D eigenvalue weighted by Crippen LogP contribution is -2.39. The summed E-state index contributed by atoms with van der Waals surface area (Å²) in [6.07, 6.45) is 1.97. The molecule has 0 radical (unpaired) electrons. The summed E-state index contributed by atoms with van der Waals surface area (Å²) in [5, 5.41) is 0. The standard InChI is InChI=1S/C20H23N3O3/c1-20(2,3)26-19(25)23-9-8-13-10-14(4-5-16(13)12-23)17-7-6-15(11-22-17)18(21)24/h4-7,10-11H,8-9,12H2,1-3H3,(H2,21,24). The number of hydrogen-bond acceptors (Lipinski definition) is 4. The number of hydrogen-bond donors (Lipinski definition) is 1. The van der Waals surface area contributed by atoms with Gasteiger partial charge in [-0.2, -0.15) is 0 Å². The van der Waals surface area contributed by atoms with Crippen LogP contribution in [0.15, 0.2) is 36.5 Å². The number of carbonyl (C=O) groups excluding carboxylic acids is 2. The molecule has 0 aliphatic carbocycles. The lowest BCUT2D eigenvalue weighted by Gasteiger charge is -2.31. The molecule has 0 atom stereocenters. The predicted molar refractivity (Wildman–Crippen MR) is 98.5 cm³/mol. The van der Waals surface area contributed by atoms with E-state index in [1.807, 2.05) is 32.9 Å². The van der Waals surface area contributed by atoms with E-state index in [2.05, 4.69) is 11.1 Å². The average molecular weight is 353 g/mol. The third-order valence-corrected chi connectivity index (χ3v) is 4.21. The number of nitrogens with zero attached hydrogens (tertiary/aromatic N) is 2. The Labute approximate surface area is 153 Å². The highest BCUT2D eigenvalue weighted by Gasteiger charge is 2.25. The van der Waals surface area contributed by atoms with Gasteiger partial charge in [0, 0.05) is 24.8 Å². The van der Waals surface area contributed by atoms with Crippen LogP contribution in [0, 0.1) is 0 Å². The van der Waals surface area contributed by atoms with E-state index in [0.29, 0.717) is 18.7 Å². The maximum absolute atomic E-state index is 12.3. The number of carbonyl (C=O) groups is 2. The van der Waals surface area contributed by atoms with Crippen LogP contribution in [0.1, 0.15) is 42.3 Å².